The van der Waals surface area contributed by atoms with Crippen LogP contribution < -0.4 is 15.5 Å². The molecule has 29 heavy (non-hydrogen) atoms. The number of aromatic nitrogens is 2. The van der Waals surface area contributed by atoms with Gasteiger partial charge in [0.25, 0.3) is 0 Å². The molecule has 1 aliphatic rings. The first kappa shape index (κ1) is 19.2. The van der Waals surface area contributed by atoms with Crippen LogP contribution in [0.1, 0.15) is 25.3 Å². The van der Waals surface area contributed by atoms with Crippen LogP contribution in [0.25, 0.3) is 0 Å². The molecule has 1 aromatic heterocycles. The monoisotopic (exact) mass is 387 g/mol. The van der Waals surface area contributed by atoms with E-state index in [2.05, 4.69) is 81.0 Å². The number of benzene rings is 2. The molecule has 2 N–H and O–H groups in total. The zero-order valence-corrected chi connectivity index (χ0v) is 17.0. The number of nitrogens with one attached hydrogen (secondary N) is 2. The summed E-state index contributed by atoms with van der Waals surface area (Å²) >= 11 is 0. The predicted octanol–water partition coefficient (Wildman–Crippen LogP) is 5.11. The maximum Gasteiger partial charge on any atom is 0.229 e. The standard InChI is InChI=1S/C24H29N5/c1-19-13-17-29(18-14-19)22-9-7-21(8-10-22)27-24-26-16-12-23(28-24)25-15-11-20-5-3-2-4-6-20/h2-10,12,16,19H,11,13-15,17-18H2,1H3,(H2,25,26,27,28). The molecule has 4 rings (SSSR count). The summed E-state index contributed by atoms with van der Waals surface area (Å²) in [7, 11) is 0. The Labute approximate surface area is 173 Å². The van der Waals surface area contributed by atoms with Gasteiger partial charge in [0.1, 0.15) is 5.82 Å². The van der Waals surface area contributed by atoms with Crippen molar-refractivity contribution in [2.45, 2.75) is 26.2 Å². The van der Waals surface area contributed by atoms with Gasteiger partial charge in [0.15, 0.2) is 0 Å². The lowest BCUT2D eigenvalue weighted by atomic mass is 9.99. The number of piperidine rings is 1. The highest BCUT2D eigenvalue weighted by molar-refractivity contribution is 5.60. The van der Waals surface area contributed by atoms with Gasteiger partial charge in [0.05, 0.1) is 0 Å². The van der Waals surface area contributed by atoms with Crippen LogP contribution in [0.15, 0.2) is 66.9 Å². The van der Waals surface area contributed by atoms with Crippen LogP contribution in [0.4, 0.5) is 23.1 Å². The lowest BCUT2D eigenvalue weighted by molar-refractivity contribution is 0.438. The first-order valence-corrected chi connectivity index (χ1v) is 10.5. The van der Waals surface area contributed by atoms with E-state index in [-0.39, 0.29) is 0 Å². The van der Waals surface area contributed by atoms with E-state index >= 15 is 0 Å². The maximum absolute atomic E-state index is 4.58. The molecular formula is C24H29N5. The van der Waals surface area contributed by atoms with Crippen LogP contribution in [0.5, 0.6) is 0 Å². The van der Waals surface area contributed by atoms with Crippen LogP contribution in [-0.2, 0) is 6.42 Å². The summed E-state index contributed by atoms with van der Waals surface area (Å²) in [5, 5.41) is 6.69. The topological polar surface area (TPSA) is 53.1 Å². The van der Waals surface area contributed by atoms with Crippen LogP contribution in [-0.4, -0.2) is 29.6 Å². The van der Waals surface area contributed by atoms with Crippen molar-refractivity contribution in [2.75, 3.05) is 35.2 Å². The number of nitrogens with zero attached hydrogens (tertiary/aromatic N) is 3. The number of hydrogen-bond donors (Lipinski definition) is 2. The van der Waals surface area contributed by atoms with E-state index in [1.54, 1.807) is 6.20 Å². The average Bonchev–Trinajstić information content (AvgIpc) is 2.76. The summed E-state index contributed by atoms with van der Waals surface area (Å²) in [5.41, 5.74) is 3.61. The third-order valence-electron chi connectivity index (χ3n) is 5.49. The fourth-order valence-electron chi connectivity index (χ4n) is 3.65. The molecule has 0 saturated carbocycles. The van der Waals surface area contributed by atoms with Gasteiger partial charge in [-0.25, -0.2) is 4.98 Å². The molecule has 0 spiro atoms. The van der Waals surface area contributed by atoms with Gasteiger partial charge < -0.3 is 15.5 Å². The molecule has 0 aliphatic carbocycles. The van der Waals surface area contributed by atoms with Crippen LogP contribution in [0, 0.1) is 5.92 Å². The third kappa shape index (κ3) is 5.47. The molecule has 2 heterocycles. The quantitative estimate of drug-likeness (QED) is 0.590. The smallest absolute Gasteiger partial charge is 0.229 e. The first-order valence-electron chi connectivity index (χ1n) is 10.5. The molecule has 0 unspecified atom stereocenters. The van der Waals surface area contributed by atoms with E-state index < -0.39 is 0 Å². The minimum absolute atomic E-state index is 0.606. The molecule has 0 radical (unpaired) electrons. The fraction of sp³-hybridized carbons (Fsp3) is 0.333. The number of hydrogen-bond acceptors (Lipinski definition) is 5. The highest BCUT2D eigenvalue weighted by Gasteiger charge is 2.15. The molecule has 0 atom stereocenters. The molecule has 5 nitrogen and oxygen atoms in total. The van der Waals surface area contributed by atoms with E-state index in [4.69, 9.17) is 0 Å². The van der Waals surface area contributed by atoms with Crippen LogP contribution >= 0.6 is 0 Å². The van der Waals surface area contributed by atoms with E-state index in [9.17, 15) is 0 Å². The Balaban J connectivity index is 1.31. The van der Waals surface area contributed by atoms with E-state index in [1.165, 1.54) is 24.1 Å². The van der Waals surface area contributed by atoms with Gasteiger partial charge in [-0.05, 0) is 61.1 Å². The molecule has 0 amide bonds. The normalized spacial score (nSPS) is 14.6. The Morgan fingerprint density at radius 1 is 0.966 bits per heavy atom. The Morgan fingerprint density at radius 3 is 2.48 bits per heavy atom. The molecule has 1 saturated heterocycles. The zero-order valence-electron chi connectivity index (χ0n) is 17.0. The molecule has 0 bridgehead atoms. The average molecular weight is 388 g/mol. The Bertz CT molecular complexity index is 887. The highest BCUT2D eigenvalue weighted by atomic mass is 15.1. The number of rotatable bonds is 7. The lowest BCUT2D eigenvalue weighted by Crippen LogP contribution is -2.32. The molecule has 3 aromatic rings. The van der Waals surface area contributed by atoms with Crippen molar-refractivity contribution in [3.05, 3.63) is 72.4 Å². The van der Waals surface area contributed by atoms with E-state index in [1.807, 2.05) is 12.1 Å². The second kappa shape index (κ2) is 9.41. The van der Waals surface area contributed by atoms with Gasteiger partial charge >= 0.3 is 0 Å². The van der Waals surface area contributed by atoms with Crippen molar-refractivity contribution in [3.8, 4) is 0 Å². The highest BCUT2D eigenvalue weighted by Crippen LogP contribution is 2.25. The minimum Gasteiger partial charge on any atom is -0.372 e. The first-order chi connectivity index (χ1) is 14.3. The zero-order chi connectivity index (χ0) is 19.9. The van der Waals surface area contributed by atoms with Crippen molar-refractivity contribution in [1.29, 1.82) is 0 Å². The predicted molar refractivity (Wildman–Crippen MR) is 121 cm³/mol. The van der Waals surface area contributed by atoms with Gasteiger partial charge in [0.2, 0.25) is 5.95 Å². The SMILES string of the molecule is CC1CCN(c2ccc(Nc3nccc(NCCc4ccccc4)n3)cc2)CC1. The Hall–Kier alpha value is -3.08. The third-order valence-corrected chi connectivity index (χ3v) is 5.49. The van der Waals surface area contributed by atoms with Crippen molar-refractivity contribution in [2.24, 2.45) is 5.92 Å². The molecule has 1 fully saturated rings. The van der Waals surface area contributed by atoms with Crippen LogP contribution in [0.3, 0.4) is 0 Å². The van der Waals surface area contributed by atoms with E-state index in [0.717, 1.165) is 43.5 Å². The van der Waals surface area contributed by atoms with Gasteiger partial charge in [0, 0.05) is 37.2 Å². The largest absolute Gasteiger partial charge is 0.372 e. The number of anilines is 4. The molecule has 5 heteroatoms. The Morgan fingerprint density at radius 2 is 1.72 bits per heavy atom. The Kier molecular flexibility index (Phi) is 6.25. The summed E-state index contributed by atoms with van der Waals surface area (Å²) in [4.78, 5) is 11.4. The molecule has 150 valence electrons. The van der Waals surface area contributed by atoms with Gasteiger partial charge in [-0.3, -0.25) is 0 Å². The summed E-state index contributed by atoms with van der Waals surface area (Å²) in [5.74, 6) is 2.28. The maximum atomic E-state index is 4.58. The summed E-state index contributed by atoms with van der Waals surface area (Å²) in [6.45, 7) is 5.47. The van der Waals surface area contributed by atoms with Gasteiger partial charge in [-0.1, -0.05) is 37.3 Å². The molecular weight excluding hydrogens is 358 g/mol. The fourth-order valence-corrected chi connectivity index (χ4v) is 3.65. The van der Waals surface area contributed by atoms with Gasteiger partial charge in [-0.2, -0.15) is 4.98 Å². The summed E-state index contributed by atoms with van der Waals surface area (Å²) < 4.78 is 0. The second-order valence-corrected chi connectivity index (χ2v) is 7.77. The summed E-state index contributed by atoms with van der Waals surface area (Å²) in [6, 6.07) is 20.9. The lowest BCUT2D eigenvalue weighted by Gasteiger charge is -2.32. The van der Waals surface area contributed by atoms with E-state index in [0.29, 0.717) is 5.95 Å². The summed E-state index contributed by atoms with van der Waals surface area (Å²) in [6.07, 6.45) is 5.30. The van der Waals surface area contributed by atoms with Crippen molar-refractivity contribution >= 4 is 23.1 Å². The minimum atomic E-state index is 0.606. The van der Waals surface area contributed by atoms with Crippen molar-refractivity contribution < 1.29 is 0 Å². The van der Waals surface area contributed by atoms with Crippen LogP contribution in [0.2, 0.25) is 0 Å². The van der Waals surface area contributed by atoms with Crippen molar-refractivity contribution in [3.63, 3.8) is 0 Å². The van der Waals surface area contributed by atoms with Crippen molar-refractivity contribution in [1.82, 2.24) is 9.97 Å². The second-order valence-electron chi connectivity index (χ2n) is 7.77. The molecule has 2 aromatic carbocycles. The van der Waals surface area contributed by atoms with Gasteiger partial charge in [-0.15, -0.1) is 0 Å². The molecule has 1 aliphatic heterocycles.